The van der Waals surface area contributed by atoms with Gasteiger partial charge in [-0.15, -0.1) is 0 Å². The van der Waals surface area contributed by atoms with Crippen LogP contribution in [0.1, 0.15) is 0 Å². The van der Waals surface area contributed by atoms with Crippen LogP contribution in [-0.2, 0) is 0 Å². The number of benzene rings is 2. The van der Waals surface area contributed by atoms with Crippen LogP contribution in [0.3, 0.4) is 0 Å². The Labute approximate surface area is 130 Å². The molecule has 23 heavy (non-hydrogen) atoms. The topological polar surface area (TPSA) is 83.5 Å². The molecule has 2 aromatic carbocycles. The van der Waals surface area contributed by atoms with E-state index in [1.807, 2.05) is 60.7 Å². The second-order valence-corrected chi connectivity index (χ2v) is 5.09. The zero-order valence-electron chi connectivity index (χ0n) is 12.0. The van der Waals surface area contributed by atoms with Crippen LogP contribution in [0.2, 0.25) is 0 Å². The van der Waals surface area contributed by atoms with Crippen molar-refractivity contribution in [2.45, 2.75) is 0 Å². The van der Waals surface area contributed by atoms with Gasteiger partial charge < -0.3 is 0 Å². The summed E-state index contributed by atoms with van der Waals surface area (Å²) >= 11 is 0. The summed E-state index contributed by atoms with van der Waals surface area (Å²) < 4.78 is 1.63. The number of nitrogens with zero attached hydrogens (tertiary/aromatic N) is 2. The van der Waals surface area contributed by atoms with Crippen LogP contribution < -0.4 is 11.1 Å². The highest BCUT2D eigenvalue weighted by molar-refractivity contribution is 5.92. The van der Waals surface area contributed by atoms with Crippen LogP contribution in [0, 0.1) is 0 Å². The van der Waals surface area contributed by atoms with E-state index < -0.39 is 5.56 Å². The molecular weight excluding hydrogens is 292 g/mol. The van der Waals surface area contributed by atoms with Gasteiger partial charge in [0.15, 0.2) is 5.52 Å². The Bertz CT molecular complexity index is 1090. The van der Waals surface area contributed by atoms with Crippen LogP contribution in [0.5, 0.6) is 0 Å². The zero-order chi connectivity index (χ0) is 15.8. The molecule has 2 N–H and O–H groups in total. The zero-order valence-corrected chi connectivity index (χ0v) is 12.0. The fourth-order valence-electron chi connectivity index (χ4n) is 2.65. The fraction of sp³-hybridized carbons (Fsp3) is 0. The molecule has 0 unspecified atom stereocenters. The summed E-state index contributed by atoms with van der Waals surface area (Å²) in [6, 6.07) is 18.8. The van der Waals surface area contributed by atoms with E-state index >= 15 is 0 Å². The minimum absolute atomic E-state index is 0.122. The maximum absolute atomic E-state index is 12.3. The maximum atomic E-state index is 12.3. The van der Waals surface area contributed by atoms with E-state index in [1.54, 1.807) is 4.68 Å². The molecule has 0 aliphatic rings. The lowest BCUT2D eigenvalue weighted by Crippen LogP contribution is -2.18. The van der Waals surface area contributed by atoms with Crippen molar-refractivity contribution in [3.05, 3.63) is 81.4 Å². The van der Waals surface area contributed by atoms with Crippen LogP contribution in [0.4, 0.5) is 0 Å². The third kappa shape index (κ3) is 2.08. The highest BCUT2D eigenvalue weighted by Gasteiger charge is 2.19. The maximum Gasteiger partial charge on any atom is 0.291 e. The lowest BCUT2D eigenvalue weighted by molar-refractivity contribution is 0.897. The van der Waals surface area contributed by atoms with E-state index in [1.165, 1.54) is 0 Å². The Hall–Kier alpha value is -3.41. The Morgan fingerprint density at radius 1 is 0.783 bits per heavy atom. The monoisotopic (exact) mass is 304 g/mol. The van der Waals surface area contributed by atoms with E-state index in [0.717, 1.165) is 11.3 Å². The molecule has 0 amide bonds. The molecule has 4 aromatic rings. The van der Waals surface area contributed by atoms with Gasteiger partial charge in [-0.05, 0) is 12.1 Å². The van der Waals surface area contributed by atoms with Crippen LogP contribution >= 0.6 is 0 Å². The Balaban J connectivity index is 2.19. The van der Waals surface area contributed by atoms with Gasteiger partial charge in [0.05, 0.1) is 11.4 Å². The SMILES string of the molecule is O=c1[nH][nH]c(=O)c2c(-c3ccccc3)n(-c3ccccc3)nc12. The molecule has 0 radical (unpaired) electrons. The quantitative estimate of drug-likeness (QED) is 0.594. The highest BCUT2D eigenvalue weighted by Crippen LogP contribution is 2.27. The van der Waals surface area contributed by atoms with Crippen LogP contribution in [0.15, 0.2) is 70.3 Å². The van der Waals surface area contributed by atoms with E-state index in [9.17, 15) is 9.59 Å². The fourth-order valence-corrected chi connectivity index (χ4v) is 2.65. The molecule has 2 heterocycles. The summed E-state index contributed by atoms with van der Waals surface area (Å²) in [5.74, 6) is 0. The largest absolute Gasteiger partial charge is 0.291 e. The van der Waals surface area contributed by atoms with E-state index in [-0.39, 0.29) is 16.5 Å². The van der Waals surface area contributed by atoms with Gasteiger partial charge in [-0.1, -0.05) is 48.5 Å². The van der Waals surface area contributed by atoms with Gasteiger partial charge in [0.2, 0.25) is 0 Å². The van der Waals surface area contributed by atoms with Crippen molar-refractivity contribution in [2.24, 2.45) is 0 Å². The molecule has 4 rings (SSSR count). The first-order chi connectivity index (χ1) is 11.3. The first-order valence-corrected chi connectivity index (χ1v) is 7.10. The standard InChI is InChI=1S/C17H12N4O2/c22-16-13-14(17(23)19-18-16)20-21(12-9-5-2-6-10-12)15(13)11-7-3-1-4-8-11/h1-10H,(H,18,22)(H,19,23). The third-order valence-electron chi connectivity index (χ3n) is 3.67. The van der Waals surface area contributed by atoms with Gasteiger partial charge in [0.25, 0.3) is 11.1 Å². The molecule has 0 saturated carbocycles. The Morgan fingerprint density at radius 3 is 2.09 bits per heavy atom. The number of nitrogens with one attached hydrogen (secondary N) is 2. The van der Waals surface area contributed by atoms with E-state index in [4.69, 9.17) is 0 Å². The molecule has 0 spiro atoms. The van der Waals surface area contributed by atoms with Gasteiger partial charge >= 0.3 is 0 Å². The molecule has 2 aromatic heterocycles. The van der Waals surface area contributed by atoms with Crippen molar-refractivity contribution in [3.8, 4) is 16.9 Å². The predicted octanol–water partition coefficient (Wildman–Crippen LogP) is 2.07. The lowest BCUT2D eigenvalue weighted by Gasteiger charge is -2.07. The van der Waals surface area contributed by atoms with Crippen molar-refractivity contribution in [1.82, 2.24) is 20.0 Å². The minimum Gasteiger partial charge on any atom is -0.267 e. The molecule has 0 aliphatic heterocycles. The minimum atomic E-state index is -0.425. The number of hydrogen-bond acceptors (Lipinski definition) is 3. The number of para-hydroxylation sites is 1. The summed E-state index contributed by atoms with van der Waals surface area (Å²) in [6.07, 6.45) is 0. The van der Waals surface area contributed by atoms with Gasteiger partial charge in [-0.3, -0.25) is 19.8 Å². The highest BCUT2D eigenvalue weighted by atomic mass is 16.1. The van der Waals surface area contributed by atoms with Crippen molar-refractivity contribution < 1.29 is 0 Å². The molecule has 0 saturated heterocycles. The van der Waals surface area contributed by atoms with Gasteiger partial charge in [-0.2, -0.15) is 5.10 Å². The number of aromatic nitrogens is 4. The normalized spacial score (nSPS) is 11.0. The summed E-state index contributed by atoms with van der Waals surface area (Å²) in [4.78, 5) is 24.3. The Morgan fingerprint density at radius 2 is 1.39 bits per heavy atom. The first-order valence-electron chi connectivity index (χ1n) is 7.10. The average molecular weight is 304 g/mol. The van der Waals surface area contributed by atoms with Gasteiger partial charge in [0.1, 0.15) is 5.39 Å². The molecule has 6 nitrogen and oxygen atoms in total. The summed E-state index contributed by atoms with van der Waals surface area (Å²) in [7, 11) is 0. The van der Waals surface area contributed by atoms with Crippen LogP contribution in [-0.4, -0.2) is 20.0 Å². The van der Waals surface area contributed by atoms with Crippen molar-refractivity contribution >= 4 is 10.9 Å². The molecule has 0 aliphatic carbocycles. The number of hydrogen-bond donors (Lipinski definition) is 2. The van der Waals surface area contributed by atoms with Crippen molar-refractivity contribution in [2.75, 3.05) is 0 Å². The lowest BCUT2D eigenvalue weighted by atomic mass is 10.1. The number of rotatable bonds is 2. The number of aromatic amines is 2. The molecule has 6 heteroatoms. The molecule has 0 fully saturated rings. The predicted molar refractivity (Wildman–Crippen MR) is 87.7 cm³/mol. The smallest absolute Gasteiger partial charge is 0.267 e. The summed E-state index contributed by atoms with van der Waals surface area (Å²) in [5, 5.41) is 9.34. The van der Waals surface area contributed by atoms with Crippen LogP contribution in [0.25, 0.3) is 27.8 Å². The van der Waals surface area contributed by atoms with Gasteiger partial charge in [-0.25, -0.2) is 4.68 Å². The molecule has 0 bridgehead atoms. The second-order valence-electron chi connectivity index (χ2n) is 5.09. The molecule has 0 atom stereocenters. The number of fused-ring (bicyclic) bond motifs is 1. The molecular formula is C17H12N4O2. The average Bonchev–Trinajstić information content (AvgIpc) is 3.02. The van der Waals surface area contributed by atoms with E-state index in [2.05, 4.69) is 15.3 Å². The van der Waals surface area contributed by atoms with Crippen molar-refractivity contribution in [3.63, 3.8) is 0 Å². The first kappa shape index (κ1) is 13.3. The van der Waals surface area contributed by atoms with E-state index in [0.29, 0.717) is 5.69 Å². The Kier molecular flexibility index (Phi) is 2.94. The summed E-state index contributed by atoms with van der Waals surface area (Å²) in [6.45, 7) is 0. The number of H-pyrrole nitrogens is 2. The van der Waals surface area contributed by atoms with Gasteiger partial charge in [0, 0.05) is 5.56 Å². The van der Waals surface area contributed by atoms with Crippen molar-refractivity contribution in [1.29, 1.82) is 0 Å². The summed E-state index contributed by atoms with van der Waals surface area (Å²) in [5.41, 5.74) is 1.51. The second kappa shape index (κ2) is 5.10. The molecule has 112 valence electrons. The third-order valence-corrected chi connectivity index (χ3v) is 3.67.